The average molecular weight is 218 g/mol. The van der Waals surface area contributed by atoms with Crippen molar-refractivity contribution in [1.29, 1.82) is 0 Å². The Bertz CT molecular complexity index is 156. The lowest BCUT2D eigenvalue weighted by atomic mass is 10.0. The third kappa shape index (κ3) is 6.84. The maximum atomic E-state index is 9.37. The predicted octanol–water partition coefficient (Wildman–Crippen LogP) is 0.315. The number of nitrogens with one attached hydrogen (secondary N) is 1. The van der Waals surface area contributed by atoms with Crippen molar-refractivity contribution >= 4 is 0 Å². The molecule has 92 valence electrons. The van der Waals surface area contributed by atoms with E-state index in [1.54, 1.807) is 7.11 Å². The number of likely N-dealkylation sites (N-methyl/N-ethyl adjacent to an activating group) is 1. The van der Waals surface area contributed by atoms with Crippen molar-refractivity contribution < 1.29 is 9.84 Å². The quantitative estimate of drug-likeness (QED) is 0.585. The van der Waals surface area contributed by atoms with Crippen molar-refractivity contribution in [3.05, 3.63) is 0 Å². The van der Waals surface area contributed by atoms with Gasteiger partial charge in [0.1, 0.15) is 0 Å². The summed E-state index contributed by atoms with van der Waals surface area (Å²) in [5.74, 6) is 0. The highest BCUT2D eigenvalue weighted by atomic mass is 16.5. The largest absolute Gasteiger partial charge is 0.394 e. The van der Waals surface area contributed by atoms with Crippen LogP contribution in [0.1, 0.15) is 20.3 Å². The van der Waals surface area contributed by atoms with Crippen LogP contribution in [-0.4, -0.2) is 62.6 Å². The molecule has 0 bridgehead atoms. The van der Waals surface area contributed by atoms with Gasteiger partial charge in [0.2, 0.25) is 0 Å². The second kappa shape index (κ2) is 8.05. The van der Waals surface area contributed by atoms with Crippen LogP contribution in [0.5, 0.6) is 0 Å². The fourth-order valence-corrected chi connectivity index (χ4v) is 1.51. The smallest absolute Gasteiger partial charge is 0.0623 e. The Hall–Kier alpha value is -0.160. The number of nitrogens with zero attached hydrogens (tertiary/aromatic N) is 1. The molecule has 0 aromatic rings. The molecule has 0 fully saturated rings. The van der Waals surface area contributed by atoms with Crippen molar-refractivity contribution in [2.45, 2.75) is 25.8 Å². The molecule has 0 spiro atoms. The summed E-state index contributed by atoms with van der Waals surface area (Å²) in [5.41, 5.74) is -0.210. The van der Waals surface area contributed by atoms with Crippen molar-refractivity contribution in [2.24, 2.45) is 0 Å². The van der Waals surface area contributed by atoms with Gasteiger partial charge in [0.15, 0.2) is 0 Å². The summed E-state index contributed by atoms with van der Waals surface area (Å²) in [7, 11) is 3.75. The zero-order valence-corrected chi connectivity index (χ0v) is 10.5. The van der Waals surface area contributed by atoms with Crippen LogP contribution in [0, 0.1) is 0 Å². The lowest BCUT2D eigenvalue weighted by molar-refractivity contribution is 0.109. The normalized spacial score (nSPS) is 15.6. The summed E-state index contributed by atoms with van der Waals surface area (Å²) < 4.78 is 5.02. The molecule has 4 nitrogen and oxygen atoms in total. The topological polar surface area (TPSA) is 44.7 Å². The van der Waals surface area contributed by atoms with Crippen molar-refractivity contribution in [1.82, 2.24) is 10.2 Å². The van der Waals surface area contributed by atoms with Gasteiger partial charge in [-0.1, -0.05) is 6.92 Å². The molecule has 1 unspecified atom stereocenters. The molecule has 0 aliphatic rings. The molecule has 4 heteroatoms. The highest BCUT2D eigenvalue weighted by Gasteiger charge is 2.23. The van der Waals surface area contributed by atoms with E-state index in [4.69, 9.17) is 4.74 Å². The lowest BCUT2D eigenvalue weighted by Gasteiger charge is -2.33. The van der Waals surface area contributed by atoms with Crippen LogP contribution in [0.15, 0.2) is 0 Å². The van der Waals surface area contributed by atoms with Crippen LogP contribution in [0.4, 0.5) is 0 Å². The number of hydrogen-bond acceptors (Lipinski definition) is 4. The molecule has 0 saturated heterocycles. The van der Waals surface area contributed by atoms with E-state index in [0.29, 0.717) is 0 Å². The Balaban J connectivity index is 3.93. The van der Waals surface area contributed by atoms with Gasteiger partial charge < -0.3 is 20.1 Å². The van der Waals surface area contributed by atoms with Gasteiger partial charge in [0.05, 0.1) is 18.8 Å². The fraction of sp³-hybridized carbons (Fsp3) is 1.00. The van der Waals surface area contributed by atoms with Crippen molar-refractivity contribution in [3.8, 4) is 0 Å². The summed E-state index contributed by atoms with van der Waals surface area (Å²) in [6.45, 7) is 7.71. The second-order valence-corrected chi connectivity index (χ2v) is 4.38. The SMILES string of the molecule is CCCNC(C)(CO)CN(C)CCOC. The van der Waals surface area contributed by atoms with Gasteiger partial charge in [-0.05, 0) is 26.9 Å². The van der Waals surface area contributed by atoms with Crippen molar-refractivity contribution in [2.75, 3.05) is 47.0 Å². The number of rotatable bonds is 9. The van der Waals surface area contributed by atoms with Gasteiger partial charge in [-0.2, -0.15) is 0 Å². The zero-order valence-electron chi connectivity index (χ0n) is 10.5. The molecule has 15 heavy (non-hydrogen) atoms. The summed E-state index contributed by atoms with van der Waals surface area (Å²) in [4.78, 5) is 2.17. The van der Waals surface area contributed by atoms with E-state index in [1.165, 1.54) is 0 Å². The molecule has 0 aromatic heterocycles. The Morgan fingerprint density at radius 1 is 1.47 bits per heavy atom. The first-order chi connectivity index (χ1) is 7.08. The van der Waals surface area contributed by atoms with E-state index in [9.17, 15) is 5.11 Å². The van der Waals surface area contributed by atoms with Crippen LogP contribution in [0.25, 0.3) is 0 Å². The molecular formula is C11H26N2O2. The lowest BCUT2D eigenvalue weighted by Crippen LogP contribution is -2.53. The molecule has 0 aromatic carbocycles. The Morgan fingerprint density at radius 3 is 2.60 bits per heavy atom. The molecule has 0 aliphatic heterocycles. The van der Waals surface area contributed by atoms with E-state index >= 15 is 0 Å². The summed E-state index contributed by atoms with van der Waals surface area (Å²) >= 11 is 0. The van der Waals surface area contributed by atoms with Gasteiger partial charge >= 0.3 is 0 Å². The molecule has 1 atom stereocenters. The van der Waals surface area contributed by atoms with E-state index in [0.717, 1.165) is 32.7 Å². The number of ether oxygens (including phenoxy) is 1. The highest BCUT2D eigenvalue weighted by molar-refractivity contribution is 4.85. The van der Waals surface area contributed by atoms with E-state index in [1.807, 2.05) is 14.0 Å². The standard InChI is InChI=1S/C11H26N2O2/c1-5-6-12-11(2,10-14)9-13(3)7-8-15-4/h12,14H,5-10H2,1-4H3. The first-order valence-corrected chi connectivity index (χ1v) is 5.61. The molecule has 0 radical (unpaired) electrons. The van der Waals surface area contributed by atoms with Crippen LogP contribution in [-0.2, 0) is 4.74 Å². The average Bonchev–Trinajstić information content (AvgIpc) is 2.23. The highest BCUT2D eigenvalue weighted by Crippen LogP contribution is 2.04. The van der Waals surface area contributed by atoms with Gasteiger partial charge in [-0.3, -0.25) is 0 Å². The first-order valence-electron chi connectivity index (χ1n) is 5.61. The van der Waals surface area contributed by atoms with Gasteiger partial charge in [-0.15, -0.1) is 0 Å². The zero-order chi connectivity index (χ0) is 11.7. The number of aliphatic hydroxyl groups is 1. The summed E-state index contributed by atoms with van der Waals surface area (Å²) in [6, 6.07) is 0. The maximum Gasteiger partial charge on any atom is 0.0623 e. The second-order valence-electron chi connectivity index (χ2n) is 4.38. The van der Waals surface area contributed by atoms with Crippen LogP contribution in [0.2, 0.25) is 0 Å². The number of hydrogen-bond donors (Lipinski definition) is 2. The van der Waals surface area contributed by atoms with Crippen LogP contribution < -0.4 is 5.32 Å². The monoisotopic (exact) mass is 218 g/mol. The maximum absolute atomic E-state index is 9.37. The molecule has 0 aliphatic carbocycles. The van der Waals surface area contributed by atoms with E-state index in [2.05, 4.69) is 17.1 Å². The van der Waals surface area contributed by atoms with Gasteiger partial charge in [0, 0.05) is 20.2 Å². The molecule has 0 amide bonds. The fourth-order valence-electron chi connectivity index (χ4n) is 1.51. The Labute approximate surface area is 93.6 Å². The summed E-state index contributed by atoms with van der Waals surface area (Å²) in [5, 5.41) is 12.7. The Kier molecular flexibility index (Phi) is 7.96. The third-order valence-corrected chi connectivity index (χ3v) is 2.45. The molecular weight excluding hydrogens is 192 g/mol. The van der Waals surface area contributed by atoms with E-state index < -0.39 is 0 Å². The number of methoxy groups -OCH3 is 1. The Morgan fingerprint density at radius 2 is 2.13 bits per heavy atom. The number of aliphatic hydroxyl groups excluding tert-OH is 1. The molecule has 0 heterocycles. The summed E-state index contributed by atoms with van der Waals surface area (Å²) in [6.07, 6.45) is 1.08. The molecule has 0 rings (SSSR count). The molecule has 0 saturated carbocycles. The minimum atomic E-state index is -0.210. The minimum Gasteiger partial charge on any atom is -0.394 e. The minimum absolute atomic E-state index is 0.157. The van der Waals surface area contributed by atoms with Crippen LogP contribution >= 0.6 is 0 Å². The third-order valence-electron chi connectivity index (χ3n) is 2.45. The van der Waals surface area contributed by atoms with Crippen molar-refractivity contribution in [3.63, 3.8) is 0 Å². The van der Waals surface area contributed by atoms with Crippen LogP contribution in [0.3, 0.4) is 0 Å². The first kappa shape index (κ1) is 14.8. The van der Waals surface area contributed by atoms with Gasteiger partial charge in [-0.25, -0.2) is 0 Å². The van der Waals surface area contributed by atoms with Gasteiger partial charge in [0.25, 0.3) is 0 Å². The van der Waals surface area contributed by atoms with E-state index in [-0.39, 0.29) is 12.1 Å². The molecule has 2 N–H and O–H groups in total. The predicted molar refractivity (Wildman–Crippen MR) is 63.2 cm³/mol.